The Morgan fingerprint density at radius 3 is 2.83 bits per heavy atom. The van der Waals surface area contributed by atoms with Crippen LogP contribution in [0.15, 0.2) is 24.5 Å². The van der Waals surface area contributed by atoms with Crippen molar-refractivity contribution in [1.29, 1.82) is 0 Å². The van der Waals surface area contributed by atoms with Crippen molar-refractivity contribution in [2.24, 2.45) is 0 Å². The third kappa shape index (κ3) is 2.85. The summed E-state index contributed by atoms with van der Waals surface area (Å²) in [4.78, 5) is 28.9. The highest BCUT2D eigenvalue weighted by molar-refractivity contribution is 5.87. The topological polar surface area (TPSA) is 62.3 Å². The molecule has 0 saturated carbocycles. The number of hydrogen-bond donors (Lipinski definition) is 1. The molecule has 0 spiro atoms. The second kappa shape index (κ2) is 5.62. The lowest BCUT2D eigenvalue weighted by molar-refractivity contribution is -0.136. The van der Waals surface area contributed by atoms with Crippen molar-refractivity contribution in [2.45, 2.75) is 32.4 Å². The summed E-state index contributed by atoms with van der Waals surface area (Å²) in [6.45, 7) is 2.67. The van der Waals surface area contributed by atoms with Crippen LogP contribution in [0.5, 0.6) is 0 Å². The van der Waals surface area contributed by atoms with E-state index >= 15 is 0 Å². The van der Waals surface area contributed by atoms with Crippen LogP contribution in [0.1, 0.15) is 25.3 Å². The van der Waals surface area contributed by atoms with Crippen LogP contribution in [0.4, 0.5) is 0 Å². The van der Waals surface area contributed by atoms with Gasteiger partial charge in [0.15, 0.2) is 0 Å². The van der Waals surface area contributed by atoms with Gasteiger partial charge in [-0.1, -0.05) is 0 Å². The van der Waals surface area contributed by atoms with Crippen molar-refractivity contribution in [1.82, 2.24) is 15.2 Å². The van der Waals surface area contributed by atoms with E-state index in [0.717, 1.165) is 18.4 Å². The largest absolute Gasteiger partial charge is 0.350 e. The fraction of sp³-hybridized carbons (Fsp3) is 0.462. The predicted octanol–water partition coefficient (Wildman–Crippen LogP) is 0.709. The highest BCUT2D eigenvalue weighted by atomic mass is 16.2. The fourth-order valence-electron chi connectivity index (χ4n) is 2.22. The zero-order valence-corrected chi connectivity index (χ0v) is 10.4. The molecule has 1 aliphatic heterocycles. The van der Waals surface area contributed by atoms with Crippen molar-refractivity contribution in [3.8, 4) is 0 Å². The minimum absolute atomic E-state index is 0.0310. The van der Waals surface area contributed by atoms with Crippen LogP contribution in [-0.4, -0.2) is 34.3 Å². The number of likely N-dealkylation sites (tertiary alicyclic amines) is 1. The van der Waals surface area contributed by atoms with E-state index < -0.39 is 0 Å². The van der Waals surface area contributed by atoms with Crippen molar-refractivity contribution in [3.63, 3.8) is 0 Å². The van der Waals surface area contributed by atoms with E-state index in [1.807, 2.05) is 12.1 Å². The molecular formula is C13H17N3O2. The van der Waals surface area contributed by atoms with Crippen LogP contribution < -0.4 is 5.32 Å². The molecule has 2 amide bonds. The molecule has 1 aromatic heterocycles. The van der Waals surface area contributed by atoms with Gasteiger partial charge in [0.2, 0.25) is 11.8 Å². The number of carbonyl (C=O) groups excluding carboxylic acids is 2. The highest BCUT2D eigenvalue weighted by Crippen LogP contribution is 2.17. The highest BCUT2D eigenvalue weighted by Gasteiger charge is 2.31. The molecule has 0 radical (unpaired) electrons. The van der Waals surface area contributed by atoms with Crippen LogP contribution in [0, 0.1) is 0 Å². The monoisotopic (exact) mass is 247 g/mol. The first-order chi connectivity index (χ1) is 8.68. The van der Waals surface area contributed by atoms with Crippen molar-refractivity contribution in [3.05, 3.63) is 30.1 Å². The Balaban J connectivity index is 1.90. The summed E-state index contributed by atoms with van der Waals surface area (Å²) in [5, 5.41) is 2.87. The van der Waals surface area contributed by atoms with Crippen LogP contribution in [0.2, 0.25) is 0 Å². The number of carbonyl (C=O) groups is 2. The molecule has 1 saturated heterocycles. The molecule has 1 aliphatic rings. The lowest BCUT2D eigenvalue weighted by Crippen LogP contribution is -2.44. The lowest BCUT2D eigenvalue weighted by atomic mass is 10.2. The summed E-state index contributed by atoms with van der Waals surface area (Å²) >= 11 is 0. The van der Waals surface area contributed by atoms with Gasteiger partial charge < -0.3 is 10.2 Å². The Kier molecular flexibility index (Phi) is 3.92. The Bertz CT molecular complexity index is 433. The van der Waals surface area contributed by atoms with Gasteiger partial charge in [0.25, 0.3) is 0 Å². The molecule has 5 heteroatoms. The van der Waals surface area contributed by atoms with Gasteiger partial charge in [0.05, 0.1) is 0 Å². The quantitative estimate of drug-likeness (QED) is 0.855. The second-order valence-electron chi connectivity index (χ2n) is 4.44. The summed E-state index contributed by atoms with van der Waals surface area (Å²) in [6.07, 6.45) is 5.03. The zero-order chi connectivity index (χ0) is 13.0. The van der Waals surface area contributed by atoms with E-state index in [0.29, 0.717) is 13.1 Å². The van der Waals surface area contributed by atoms with Gasteiger partial charge in [0.1, 0.15) is 6.04 Å². The maximum atomic E-state index is 12.0. The number of rotatable bonds is 3. The Morgan fingerprint density at radius 1 is 1.44 bits per heavy atom. The number of nitrogens with one attached hydrogen (secondary N) is 1. The lowest BCUT2D eigenvalue weighted by Gasteiger charge is -2.22. The average Bonchev–Trinajstić information content (AvgIpc) is 2.86. The molecule has 0 aromatic carbocycles. The molecule has 2 rings (SSSR count). The smallest absolute Gasteiger partial charge is 0.243 e. The maximum absolute atomic E-state index is 12.0. The second-order valence-corrected chi connectivity index (χ2v) is 4.44. The summed E-state index contributed by atoms with van der Waals surface area (Å²) in [5.41, 5.74) is 1.01. The molecule has 5 nitrogen and oxygen atoms in total. The van der Waals surface area contributed by atoms with E-state index in [9.17, 15) is 9.59 Å². The molecular weight excluding hydrogens is 230 g/mol. The van der Waals surface area contributed by atoms with Gasteiger partial charge in [-0.05, 0) is 30.5 Å². The summed E-state index contributed by atoms with van der Waals surface area (Å²) in [6, 6.07) is 3.42. The third-order valence-corrected chi connectivity index (χ3v) is 3.18. The molecule has 96 valence electrons. The number of aromatic nitrogens is 1. The van der Waals surface area contributed by atoms with Gasteiger partial charge in [0, 0.05) is 32.4 Å². The van der Waals surface area contributed by atoms with Crippen LogP contribution >= 0.6 is 0 Å². The zero-order valence-electron chi connectivity index (χ0n) is 10.4. The Labute approximate surface area is 106 Å². The SMILES string of the molecule is CC(=O)N1CCCC1C(=O)NCc1ccncc1. The van der Waals surface area contributed by atoms with Crippen molar-refractivity contribution in [2.75, 3.05) is 6.54 Å². The Morgan fingerprint density at radius 2 is 2.17 bits per heavy atom. The molecule has 2 heterocycles. The van der Waals surface area contributed by atoms with Gasteiger partial charge >= 0.3 is 0 Å². The van der Waals surface area contributed by atoms with Crippen LogP contribution in [0.25, 0.3) is 0 Å². The molecule has 1 atom stereocenters. The first-order valence-corrected chi connectivity index (χ1v) is 6.12. The van der Waals surface area contributed by atoms with E-state index in [1.165, 1.54) is 6.92 Å². The van der Waals surface area contributed by atoms with Crippen molar-refractivity contribution < 1.29 is 9.59 Å². The first kappa shape index (κ1) is 12.5. The molecule has 1 N–H and O–H groups in total. The van der Waals surface area contributed by atoms with Crippen LogP contribution in [-0.2, 0) is 16.1 Å². The van der Waals surface area contributed by atoms with E-state index in [1.54, 1.807) is 17.3 Å². The summed E-state index contributed by atoms with van der Waals surface area (Å²) in [5.74, 6) is -0.101. The van der Waals surface area contributed by atoms with Gasteiger partial charge in [-0.25, -0.2) is 0 Å². The molecule has 1 fully saturated rings. The molecule has 1 aromatic rings. The number of pyridine rings is 1. The standard InChI is InChI=1S/C13H17N3O2/c1-10(17)16-8-2-3-12(16)13(18)15-9-11-4-6-14-7-5-11/h4-7,12H,2-3,8-9H2,1H3,(H,15,18). The number of nitrogens with zero attached hydrogens (tertiary/aromatic N) is 2. The first-order valence-electron chi connectivity index (χ1n) is 6.12. The summed E-state index contributed by atoms with van der Waals surface area (Å²) < 4.78 is 0. The minimum Gasteiger partial charge on any atom is -0.350 e. The third-order valence-electron chi connectivity index (χ3n) is 3.18. The van der Waals surface area contributed by atoms with E-state index in [4.69, 9.17) is 0 Å². The average molecular weight is 247 g/mol. The van der Waals surface area contributed by atoms with E-state index in [-0.39, 0.29) is 17.9 Å². The minimum atomic E-state index is -0.302. The maximum Gasteiger partial charge on any atom is 0.243 e. The normalized spacial score (nSPS) is 18.7. The van der Waals surface area contributed by atoms with Gasteiger partial charge in [-0.15, -0.1) is 0 Å². The molecule has 0 aliphatic carbocycles. The predicted molar refractivity (Wildman–Crippen MR) is 66.5 cm³/mol. The van der Waals surface area contributed by atoms with E-state index in [2.05, 4.69) is 10.3 Å². The molecule has 18 heavy (non-hydrogen) atoms. The molecule has 1 unspecified atom stereocenters. The van der Waals surface area contributed by atoms with Crippen LogP contribution in [0.3, 0.4) is 0 Å². The van der Waals surface area contributed by atoms with Gasteiger partial charge in [-0.2, -0.15) is 0 Å². The van der Waals surface area contributed by atoms with Gasteiger partial charge in [-0.3, -0.25) is 14.6 Å². The number of amides is 2. The Hall–Kier alpha value is -1.91. The van der Waals surface area contributed by atoms with Crippen molar-refractivity contribution >= 4 is 11.8 Å². The molecule has 0 bridgehead atoms. The number of hydrogen-bond acceptors (Lipinski definition) is 3. The fourth-order valence-corrected chi connectivity index (χ4v) is 2.22. The summed E-state index contributed by atoms with van der Waals surface area (Å²) in [7, 11) is 0.